The van der Waals surface area contributed by atoms with Crippen molar-refractivity contribution in [3.05, 3.63) is 0 Å². The quantitative estimate of drug-likeness (QED) is 0.275. The standard InChI is InChI=1S/C12H8F17NO4S.K/c1-2-30(3-4(31)32)35(33,34)12(28,29)10(23,24)8(19,20)6(15,16)5(13,14)7(17,18)9(21,22)11(25,26)27;/h2-3H2,1H3,(H,31,32);. The Morgan fingerprint density at radius 3 is 1.17 bits per heavy atom. The molecule has 0 heterocycles. The number of hydrogen-bond acceptors (Lipinski definition) is 3. The Morgan fingerprint density at radius 1 is 0.639 bits per heavy atom. The molecule has 1 N–H and O–H groups in total. The fraction of sp³-hybridized carbons (Fsp3) is 0.917. The topological polar surface area (TPSA) is 74.7 Å². The third kappa shape index (κ3) is 5.19. The van der Waals surface area contributed by atoms with E-state index in [1.807, 2.05) is 0 Å². The number of rotatable bonds is 11. The summed E-state index contributed by atoms with van der Waals surface area (Å²) in [5, 5.41) is 0.555. The second-order valence-corrected chi connectivity index (χ2v) is 8.27. The molecule has 0 rings (SSSR count). The van der Waals surface area contributed by atoms with Crippen LogP contribution in [-0.2, 0) is 14.8 Å². The number of hydrogen-bond donors (Lipinski definition) is 1. The average Bonchev–Trinajstić information content (AvgIpc) is 2.63. The molecule has 0 bridgehead atoms. The van der Waals surface area contributed by atoms with Crippen LogP contribution in [0.15, 0.2) is 0 Å². The SMILES string of the molecule is CCN(CC(=O)O)S(=O)(=O)C(F)(F)C(F)(F)C(F)(F)C(F)(F)C(F)(F)C(F)(F)C(F)(F)C(F)(F)F.[K]. The van der Waals surface area contributed by atoms with Crippen molar-refractivity contribution in [2.45, 2.75) is 53.9 Å². The predicted molar refractivity (Wildman–Crippen MR) is 80.2 cm³/mol. The minimum Gasteiger partial charge on any atom is -0.480 e. The summed E-state index contributed by atoms with van der Waals surface area (Å²) in [5.41, 5.74) is 0. The van der Waals surface area contributed by atoms with Crippen molar-refractivity contribution in [3.8, 4) is 0 Å². The largest absolute Gasteiger partial charge is 0.480 e. The van der Waals surface area contributed by atoms with Crippen LogP contribution in [-0.4, -0.2) is 135 Å². The summed E-state index contributed by atoms with van der Waals surface area (Å²) in [6.07, 6.45) is -7.92. The first-order valence-corrected chi connectivity index (χ1v) is 9.24. The van der Waals surface area contributed by atoms with Crippen molar-refractivity contribution >= 4 is 67.4 Å². The monoisotopic (exact) mass is 624 g/mol. The van der Waals surface area contributed by atoms with Crippen molar-refractivity contribution in [1.29, 1.82) is 0 Å². The summed E-state index contributed by atoms with van der Waals surface area (Å²) >= 11 is 0. The second-order valence-electron chi connectivity index (χ2n) is 6.29. The van der Waals surface area contributed by atoms with Gasteiger partial charge >= 0.3 is 52.9 Å². The van der Waals surface area contributed by atoms with Crippen LogP contribution in [0.25, 0.3) is 0 Å². The molecule has 0 aliphatic carbocycles. The maximum atomic E-state index is 13.9. The Morgan fingerprint density at radius 2 is 0.917 bits per heavy atom. The molecule has 36 heavy (non-hydrogen) atoms. The number of likely N-dealkylation sites (N-methyl/N-ethyl adjacent to an activating group) is 1. The zero-order valence-corrected chi connectivity index (χ0v) is 20.8. The van der Waals surface area contributed by atoms with E-state index in [0.717, 1.165) is 0 Å². The van der Waals surface area contributed by atoms with Gasteiger partial charge in [0.05, 0.1) is 0 Å². The van der Waals surface area contributed by atoms with Gasteiger partial charge in [0.25, 0.3) is 10.0 Å². The van der Waals surface area contributed by atoms with Crippen LogP contribution in [0, 0.1) is 0 Å². The first-order valence-electron chi connectivity index (χ1n) is 7.80. The van der Waals surface area contributed by atoms with Crippen LogP contribution < -0.4 is 0 Å². The Labute approximate surface area is 230 Å². The van der Waals surface area contributed by atoms with Gasteiger partial charge in [0.15, 0.2) is 0 Å². The Balaban J connectivity index is 0. The van der Waals surface area contributed by atoms with Gasteiger partial charge in [-0.3, -0.25) is 4.79 Å². The van der Waals surface area contributed by atoms with E-state index >= 15 is 0 Å². The van der Waals surface area contributed by atoms with Crippen LogP contribution in [0.1, 0.15) is 6.92 Å². The molecule has 24 heteroatoms. The van der Waals surface area contributed by atoms with Gasteiger partial charge in [0.1, 0.15) is 6.54 Å². The summed E-state index contributed by atoms with van der Waals surface area (Å²) in [5.74, 6) is -54.7. The van der Waals surface area contributed by atoms with Gasteiger partial charge in [-0.1, -0.05) is 6.92 Å². The maximum absolute atomic E-state index is 13.9. The average molecular weight is 624 g/mol. The van der Waals surface area contributed by atoms with Crippen molar-refractivity contribution < 1.29 is 93.0 Å². The molecule has 211 valence electrons. The molecule has 0 aromatic carbocycles. The van der Waals surface area contributed by atoms with Gasteiger partial charge in [0, 0.05) is 57.9 Å². The maximum Gasteiger partial charge on any atom is 0.460 e. The minimum absolute atomic E-state index is 0. The number of sulfonamides is 1. The molecule has 0 aromatic heterocycles. The third-order valence-electron chi connectivity index (χ3n) is 4.02. The van der Waals surface area contributed by atoms with Gasteiger partial charge < -0.3 is 5.11 Å². The normalized spacial score (nSPS) is 15.6. The number of aliphatic carboxylic acids is 1. The number of carbonyl (C=O) groups is 1. The van der Waals surface area contributed by atoms with E-state index in [0.29, 0.717) is 6.92 Å². The zero-order valence-electron chi connectivity index (χ0n) is 16.9. The number of halogens is 17. The molecule has 1 radical (unpaired) electrons. The van der Waals surface area contributed by atoms with Crippen LogP contribution in [0.2, 0.25) is 0 Å². The molecule has 0 aromatic rings. The fourth-order valence-corrected chi connectivity index (χ4v) is 3.39. The van der Waals surface area contributed by atoms with Gasteiger partial charge in [-0.25, -0.2) is 8.42 Å². The molecule has 0 aliphatic heterocycles. The van der Waals surface area contributed by atoms with E-state index in [4.69, 9.17) is 5.11 Å². The summed E-state index contributed by atoms with van der Waals surface area (Å²) in [7, 11) is -7.58. The van der Waals surface area contributed by atoms with Crippen LogP contribution in [0.5, 0.6) is 0 Å². The Bertz CT molecular complexity index is 917. The fourth-order valence-electron chi connectivity index (χ4n) is 1.99. The number of nitrogens with zero attached hydrogens (tertiary/aromatic N) is 1. The first-order chi connectivity index (χ1) is 14.9. The van der Waals surface area contributed by atoms with Gasteiger partial charge in [-0.2, -0.15) is 78.9 Å². The summed E-state index contributed by atoms with van der Waals surface area (Å²) < 4.78 is 245. The molecule has 0 saturated heterocycles. The minimum atomic E-state index is -8.94. The summed E-state index contributed by atoms with van der Waals surface area (Å²) in [6.45, 7) is -3.51. The molecule has 0 spiro atoms. The zero-order chi connectivity index (χ0) is 29.1. The summed E-state index contributed by atoms with van der Waals surface area (Å²) in [4.78, 5) is 10.4. The molecule has 0 fully saturated rings. The van der Waals surface area contributed by atoms with Crippen LogP contribution >= 0.6 is 0 Å². The van der Waals surface area contributed by atoms with E-state index in [1.54, 1.807) is 0 Å². The molecule has 0 amide bonds. The second kappa shape index (κ2) is 10.4. The van der Waals surface area contributed by atoms with Crippen molar-refractivity contribution in [3.63, 3.8) is 0 Å². The predicted octanol–water partition coefficient (Wildman–Crippen LogP) is 4.31. The van der Waals surface area contributed by atoms with Gasteiger partial charge in [-0.15, -0.1) is 0 Å². The number of carboxylic acids is 1. The van der Waals surface area contributed by atoms with E-state index in [1.165, 1.54) is 0 Å². The van der Waals surface area contributed by atoms with E-state index in [2.05, 4.69) is 0 Å². The molecular formula is C12H8F17KNO4S. The first kappa shape index (κ1) is 38.0. The van der Waals surface area contributed by atoms with Crippen LogP contribution in [0.4, 0.5) is 74.6 Å². The molecule has 0 saturated carbocycles. The molecule has 0 unspecified atom stereocenters. The van der Waals surface area contributed by atoms with E-state index in [9.17, 15) is 87.8 Å². The number of carboxylic acid groups (broad SMARTS) is 1. The van der Waals surface area contributed by atoms with Gasteiger partial charge in [0.2, 0.25) is 0 Å². The Hall–Kier alpha value is -0.174. The van der Waals surface area contributed by atoms with Crippen molar-refractivity contribution in [2.75, 3.05) is 13.1 Å². The smallest absolute Gasteiger partial charge is 0.460 e. The number of alkyl halides is 17. The van der Waals surface area contributed by atoms with E-state index in [-0.39, 0.29) is 51.4 Å². The molecule has 0 aliphatic rings. The van der Waals surface area contributed by atoms with Crippen molar-refractivity contribution in [2.24, 2.45) is 0 Å². The molecule has 5 nitrogen and oxygen atoms in total. The van der Waals surface area contributed by atoms with Crippen LogP contribution in [0.3, 0.4) is 0 Å². The van der Waals surface area contributed by atoms with E-state index < -0.39 is 80.4 Å². The van der Waals surface area contributed by atoms with Gasteiger partial charge in [-0.05, 0) is 0 Å². The third-order valence-corrected chi connectivity index (χ3v) is 5.99. The Kier molecular flexibility index (Phi) is 11.0. The molecule has 0 atom stereocenters. The molecular weight excluding hydrogens is 616 g/mol. The van der Waals surface area contributed by atoms with Crippen molar-refractivity contribution in [1.82, 2.24) is 4.31 Å². The summed E-state index contributed by atoms with van der Waals surface area (Å²) in [6, 6.07) is 0.